The summed E-state index contributed by atoms with van der Waals surface area (Å²) in [4.78, 5) is 12.3. The molecule has 0 spiro atoms. The van der Waals surface area contributed by atoms with E-state index in [0.717, 1.165) is 12.8 Å². The standard InChI is InChI=1S/C9H17NO2/c1-2-10(9(11)12)8-6-4-3-5-7-8/h8H,2-7H2,1H3,(H,11,12). The molecule has 0 heterocycles. The molecule has 1 aliphatic carbocycles. The van der Waals surface area contributed by atoms with E-state index in [1.807, 2.05) is 6.92 Å². The van der Waals surface area contributed by atoms with Crippen LogP contribution in [-0.2, 0) is 0 Å². The minimum absolute atomic E-state index is 0.293. The Bertz CT molecular complexity index is 153. The predicted octanol–water partition coefficient (Wildman–Crippen LogP) is 2.32. The van der Waals surface area contributed by atoms with Crippen molar-refractivity contribution in [2.24, 2.45) is 0 Å². The lowest BCUT2D eigenvalue weighted by Crippen LogP contribution is -2.40. The molecule has 70 valence electrons. The van der Waals surface area contributed by atoms with Gasteiger partial charge in [-0.1, -0.05) is 19.3 Å². The average molecular weight is 171 g/mol. The Morgan fingerprint density at radius 3 is 2.42 bits per heavy atom. The molecule has 3 heteroatoms. The molecule has 1 rings (SSSR count). The van der Waals surface area contributed by atoms with Gasteiger partial charge in [0.25, 0.3) is 0 Å². The van der Waals surface area contributed by atoms with Crippen molar-refractivity contribution < 1.29 is 9.90 Å². The predicted molar refractivity (Wildman–Crippen MR) is 47.3 cm³/mol. The van der Waals surface area contributed by atoms with Crippen molar-refractivity contribution in [3.8, 4) is 0 Å². The molecule has 3 nitrogen and oxygen atoms in total. The molecule has 0 bridgehead atoms. The SMILES string of the molecule is CCN(C(=O)O)C1CCCCC1. The highest BCUT2D eigenvalue weighted by molar-refractivity contribution is 5.65. The fraction of sp³-hybridized carbons (Fsp3) is 0.889. The molecular weight excluding hydrogens is 154 g/mol. The number of hydrogen-bond donors (Lipinski definition) is 1. The van der Waals surface area contributed by atoms with Crippen LogP contribution in [0, 0.1) is 0 Å². The largest absolute Gasteiger partial charge is 0.465 e. The molecule has 0 aliphatic heterocycles. The summed E-state index contributed by atoms with van der Waals surface area (Å²) in [7, 11) is 0. The van der Waals surface area contributed by atoms with Crippen LogP contribution in [0.3, 0.4) is 0 Å². The van der Waals surface area contributed by atoms with E-state index in [2.05, 4.69) is 0 Å². The van der Waals surface area contributed by atoms with Crippen molar-refractivity contribution in [3.05, 3.63) is 0 Å². The first-order valence-electron chi connectivity index (χ1n) is 4.75. The topological polar surface area (TPSA) is 40.5 Å². The van der Waals surface area contributed by atoms with Crippen molar-refractivity contribution in [2.75, 3.05) is 6.54 Å². The van der Waals surface area contributed by atoms with Crippen LogP contribution in [0.5, 0.6) is 0 Å². The second-order valence-corrected chi connectivity index (χ2v) is 3.36. The number of hydrogen-bond acceptors (Lipinski definition) is 1. The van der Waals surface area contributed by atoms with E-state index in [1.54, 1.807) is 4.90 Å². The van der Waals surface area contributed by atoms with Gasteiger partial charge in [-0.05, 0) is 19.8 Å². The number of carbonyl (C=O) groups is 1. The Kier molecular flexibility index (Phi) is 3.38. The Hall–Kier alpha value is -0.730. The first kappa shape index (κ1) is 9.36. The Morgan fingerprint density at radius 1 is 1.42 bits per heavy atom. The minimum atomic E-state index is -0.760. The van der Waals surface area contributed by atoms with E-state index < -0.39 is 6.09 Å². The summed E-state index contributed by atoms with van der Waals surface area (Å²) >= 11 is 0. The zero-order valence-corrected chi connectivity index (χ0v) is 7.62. The lowest BCUT2D eigenvalue weighted by molar-refractivity contribution is 0.114. The van der Waals surface area contributed by atoms with Crippen LogP contribution in [0.25, 0.3) is 0 Å². The quantitative estimate of drug-likeness (QED) is 0.692. The lowest BCUT2D eigenvalue weighted by atomic mass is 9.94. The van der Waals surface area contributed by atoms with Crippen LogP contribution in [-0.4, -0.2) is 28.7 Å². The lowest BCUT2D eigenvalue weighted by Gasteiger charge is -2.31. The molecule has 0 aromatic carbocycles. The van der Waals surface area contributed by atoms with Crippen LogP contribution in [0.1, 0.15) is 39.0 Å². The second kappa shape index (κ2) is 4.33. The third-order valence-electron chi connectivity index (χ3n) is 2.60. The fourth-order valence-corrected chi connectivity index (χ4v) is 1.94. The van der Waals surface area contributed by atoms with Gasteiger partial charge in [-0.2, -0.15) is 0 Å². The highest BCUT2D eigenvalue weighted by Gasteiger charge is 2.22. The fourth-order valence-electron chi connectivity index (χ4n) is 1.94. The maximum Gasteiger partial charge on any atom is 0.407 e. The molecule has 0 unspecified atom stereocenters. The van der Waals surface area contributed by atoms with Crippen LogP contribution in [0.15, 0.2) is 0 Å². The number of rotatable bonds is 2. The summed E-state index contributed by atoms with van der Waals surface area (Å²) in [5.74, 6) is 0. The van der Waals surface area contributed by atoms with Gasteiger partial charge in [-0.25, -0.2) is 4.79 Å². The van der Waals surface area contributed by atoms with Crippen molar-refractivity contribution in [1.29, 1.82) is 0 Å². The van der Waals surface area contributed by atoms with Crippen LogP contribution in [0.2, 0.25) is 0 Å². The molecule has 1 aliphatic rings. The van der Waals surface area contributed by atoms with Crippen molar-refractivity contribution in [1.82, 2.24) is 4.90 Å². The molecule has 1 saturated carbocycles. The third kappa shape index (κ3) is 2.13. The number of amides is 1. The molecular formula is C9H17NO2. The van der Waals surface area contributed by atoms with E-state index in [9.17, 15) is 4.79 Å². The van der Waals surface area contributed by atoms with Gasteiger partial charge in [0.15, 0.2) is 0 Å². The summed E-state index contributed by atoms with van der Waals surface area (Å²) in [5.41, 5.74) is 0. The summed E-state index contributed by atoms with van der Waals surface area (Å²) < 4.78 is 0. The maximum atomic E-state index is 10.8. The highest BCUT2D eigenvalue weighted by atomic mass is 16.4. The highest BCUT2D eigenvalue weighted by Crippen LogP contribution is 2.22. The van der Waals surface area contributed by atoms with Gasteiger partial charge in [0.1, 0.15) is 0 Å². The molecule has 1 fully saturated rings. The summed E-state index contributed by atoms with van der Waals surface area (Å²) in [5, 5.41) is 8.85. The van der Waals surface area contributed by atoms with Crippen molar-refractivity contribution >= 4 is 6.09 Å². The van der Waals surface area contributed by atoms with E-state index in [0.29, 0.717) is 12.6 Å². The smallest absolute Gasteiger partial charge is 0.407 e. The minimum Gasteiger partial charge on any atom is -0.465 e. The van der Waals surface area contributed by atoms with Crippen molar-refractivity contribution in [3.63, 3.8) is 0 Å². The molecule has 0 radical (unpaired) electrons. The van der Waals surface area contributed by atoms with E-state index in [4.69, 9.17) is 5.11 Å². The van der Waals surface area contributed by atoms with Gasteiger partial charge in [-0.3, -0.25) is 0 Å². The van der Waals surface area contributed by atoms with Gasteiger partial charge in [0.2, 0.25) is 0 Å². The van der Waals surface area contributed by atoms with Gasteiger partial charge in [-0.15, -0.1) is 0 Å². The summed E-state index contributed by atoms with van der Waals surface area (Å²) in [6.07, 6.45) is 5.00. The molecule has 1 N–H and O–H groups in total. The number of carboxylic acid groups (broad SMARTS) is 1. The van der Waals surface area contributed by atoms with E-state index >= 15 is 0 Å². The summed E-state index contributed by atoms with van der Waals surface area (Å²) in [6.45, 7) is 2.53. The first-order valence-corrected chi connectivity index (χ1v) is 4.75. The van der Waals surface area contributed by atoms with Crippen molar-refractivity contribution in [2.45, 2.75) is 45.1 Å². The molecule has 1 amide bonds. The normalized spacial score (nSPS) is 19.1. The number of nitrogens with zero attached hydrogens (tertiary/aromatic N) is 1. The third-order valence-corrected chi connectivity index (χ3v) is 2.60. The van der Waals surface area contributed by atoms with Gasteiger partial charge >= 0.3 is 6.09 Å². The van der Waals surface area contributed by atoms with E-state index in [-0.39, 0.29) is 0 Å². The first-order chi connectivity index (χ1) is 5.75. The molecule has 12 heavy (non-hydrogen) atoms. The molecule has 0 aromatic heterocycles. The molecule has 0 saturated heterocycles. The van der Waals surface area contributed by atoms with Crippen LogP contribution in [0.4, 0.5) is 4.79 Å². The molecule has 0 atom stereocenters. The van der Waals surface area contributed by atoms with Crippen LogP contribution >= 0.6 is 0 Å². The monoisotopic (exact) mass is 171 g/mol. The second-order valence-electron chi connectivity index (χ2n) is 3.36. The van der Waals surface area contributed by atoms with Crippen LogP contribution < -0.4 is 0 Å². The van der Waals surface area contributed by atoms with Gasteiger partial charge in [0, 0.05) is 12.6 Å². The Balaban J connectivity index is 2.46. The molecule has 0 aromatic rings. The maximum absolute atomic E-state index is 10.8. The zero-order valence-electron chi connectivity index (χ0n) is 7.62. The van der Waals surface area contributed by atoms with E-state index in [1.165, 1.54) is 19.3 Å². The van der Waals surface area contributed by atoms with Gasteiger partial charge < -0.3 is 10.0 Å². The Morgan fingerprint density at radius 2 is 2.00 bits per heavy atom. The van der Waals surface area contributed by atoms with Gasteiger partial charge in [0.05, 0.1) is 0 Å². The summed E-state index contributed by atoms with van der Waals surface area (Å²) in [6, 6.07) is 0.293. The Labute approximate surface area is 73.4 Å². The average Bonchev–Trinajstić information content (AvgIpc) is 2.07. The zero-order chi connectivity index (χ0) is 8.97.